The molecular weight excluding hydrogens is 207 g/mol. The topological polar surface area (TPSA) is 29.5 Å². The van der Waals surface area contributed by atoms with Crippen molar-refractivity contribution in [3.05, 3.63) is 47.0 Å². The van der Waals surface area contributed by atoms with E-state index in [1.807, 2.05) is 0 Å². The summed E-state index contributed by atoms with van der Waals surface area (Å²) in [5.74, 6) is -0.283. The Hall–Kier alpha value is -1.35. The fourth-order valence-corrected chi connectivity index (χ4v) is 1.78. The van der Waals surface area contributed by atoms with E-state index in [4.69, 9.17) is 4.74 Å². The van der Waals surface area contributed by atoms with Gasteiger partial charge in [0.05, 0.1) is 12.9 Å². The molecule has 0 radical (unpaired) electrons. The molecule has 1 aliphatic heterocycles. The summed E-state index contributed by atoms with van der Waals surface area (Å²) in [7, 11) is 0. The molecule has 0 saturated carbocycles. The van der Waals surface area contributed by atoms with Crippen molar-refractivity contribution in [3.63, 3.8) is 0 Å². The molecule has 1 aromatic carbocycles. The Morgan fingerprint density at radius 1 is 1.44 bits per heavy atom. The fourth-order valence-electron chi connectivity index (χ4n) is 1.78. The van der Waals surface area contributed by atoms with Crippen molar-refractivity contribution in [1.82, 2.24) is 0 Å². The molecule has 3 heteroatoms. The second-order valence-corrected chi connectivity index (χ2v) is 4.08. The van der Waals surface area contributed by atoms with Crippen LogP contribution in [0.4, 0.5) is 4.39 Å². The molecule has 0 aromatic heterocycles. The molecule has 1 N–H and O–H groups in total. The third-order valence-electron chi connectivity index (χ3n) is 2.83. The Kier molecular flexibility index (Phi) is 3.25. The van der Waals surface area contributed by atoms with Crippen molar-refractivity contribution < 1.29 is 14.2 Å². The molecule has 1 atom stereocenters. The van der Waals surface area contributed by atoms with Crippen molar-refractivity contribution in [2.45, 2.75) is 25.9 Å². The van der Waals surface area contributed by atoms with Crippen LogP contribution in [-0.4, -0.2) is 11.7 Å². The number of ether oxygens (including phenoxy) is 1. The van der Waals surface area contributed by atoms with Gasteiger partial charge < -0.3 is 9.84 Å². The van der Waals surface area contributed by atoms with Gasteiger partial charge in [-0.3, -0.25) is 0 Å². The van der Waals surface area contributed by atoms with Gasteiger partial charge in [-0.2, -0.15) is 0 Å². The molecule has 1 unspecified atom stereocenters. The molecule has 0 amide bonds. The highest BCUT2D eigenvalue weighted by molar-refractivity contribution is 5.29. The van der Waals surface area contributed by atoms with E-state index in [0.717, 1.165) is 18.4 Å². The number of aliphatic hydroxyl groups excluding tert-OH is 1. The van der Waals surface area contributed by atoms with Crippen molar-refractivity contribution in [2.24, 2.45) is 0 Å². The second kappa shape index (κ2) is 4.66. The van der Waals surface area contributed by atoms with Crippen LogP contribution < -0.4 is 0 Å². The minimum atomic E-state index is -0.754. The second-order valence-electron chi connectivity index (χ2n) is 4.08. The lowest BCUT2D eigenvalue weighted by atomic mass is 9.97. The number of hydrogen-bond acceptors (Lipinski definition) is 2. The van der Waals surface area contributed by atoms with Crippen LogP contribution in [0, 0.1) is 12.7 Å². The maximum atomic E-state index is 13.3. The maximum absolute atomic E-state index is 13.3. The first kappa shape index (κ1) is 11.1. The van der Waals surface area contributed by atoms with Gasteiger partial charge in [-0.05, 0) is 42.5 Å². The summed E-state index contributed by atoms with van der Waals surface area (Å²) in [5.41, 5.74) is 1.99. The third kappa shape index (κ3) is 2.25. The highest BCUT2D eigenvalue weighted by Crippen LogP contribution is 2.28. The Bertz CT molecular complexity index is 412. The van der Waals surface area contributed by atoms with E-state index in [-0.39, 0.29) is 5.82 Å². The molecule has 2 rings (SSSR count). The van der Waals surface area contributed by atoms with Gasteiger partial charge in [0, 0.05) is 0 Å². The number of benzene rings is 1. The van der Waals surface area contributed by atoms with Crippen molar-refractivity contribution in [3.8, 4) is 0 Å². The van der Waals surface area contributed by atoms with E-state index in [9.17, 15) is 9.50 Å². The third-order valence-corrected chi connectivity index (χ3v) is 2.83. The van der Waals surface area contributed by atoms with Crippen molar-refractivity contribution in [2.75, 3.05) is 6.61 Å². The number of halogens is 1. The Morgan fingerprint density at radius 3 is 2.88 bits per heavy atom. The van der Waals surface area contributed by atoms with Crippen LogP contribution in [0.2, 0.25) is 0 Å². The highest BCUT2D eigenvalue weighted by atomic mass is 19.1. The van der Waals surface area contributed by atoms with Gasteiger partial charge in [0.1, 0.15) is 11.9 Å². The molecule has 1 aliphatic rings. The van der Waals surface area contributed by atoms with Crippen molar-refractivity contribution in [1.29, 1.82) is 0 Å². The standard InChI is InChI=1S/C13H15FO2/c1-9-4-5-10(7-12(9)14)13(15)11-3-2-6-16-8-11/h4-5,7-8,13,15H,2-3,6H2,1H3. The van der Waals surface area contributed by atoms with Crippen LogP contribution >= 0.6 is 0 Å². The van der Waals surface area contributed by atoms with Gasteiger partial charge in [-0.15, -0.1) is 0 Å². The van der Waals surface area contributed by atoms with Crippen LogP contribution in [-0.2, 0) is 4.74 Å². The lowest BCUT2D eigenvalue weighted by Gasteiger charge is -2.19. The molecule has 0 aliphatic carbocycles. The fraction of sp³-hybridized carbons (Fsp3) is 0.385. The van der Waals surface area contributed by atoms with E-state index in [2.05, 4.69) is 0 Å². The number of hydrogen-bond donors (Lipinski definition) is 1. The molecule has 2 nitrogen and oxygen atoms in total. The van der Waals surface area contributed by atoms with Gasteiger partial charge in [-0.25, -0.2) is 4.39 Å². The first-order chi connectivity index (χ1) is 7.68. The van der Waals surface area contributed by atoms with Crippen LogP contribution in [0.1, 0.15) is 30.1 Å². The van der Waals surface area contributed by atoms with E-state index in [0.29, 0.717) is 17.7 Å². The van der Waals surface area contributed by atoms with Crippen LogP contribution in [0.25, 0.3) is 0 Å². The molecular formula is C13H15FO2. The Morgan fingerprint density at radius 2 is 2.25 bits per heavy atom. The zero-order chi connectivity index (χ0) is 11.5. The van der Waals surface area contributed by atoms with E-state index >= 15 is 0 Å². The number of aryl methyl sites for hydroxylation is 1. The van der Waals surface area contributed by atoms with Gasteiger partial charge in [0.2, 0.25) is 0 Å². The summed E-state index contributed by atoms with van der Waals surface area (Å²) in [6.07, 6.45) is 2.54. The van der Waals surface area contributed by atoms with Crippen molar-refractivity contribution >= 4 is 0 Å². The smallest absolute Gasteiger partial charge is 0.126 e. The predicted octanol–water partition coefficient (Wildman–Crippen LogP) is 2.86. The van der Waals surface area contributed by atoms with Crippen LogP contribution in [0.3, 0.4) is 0 Å². The van der Waals surface area contributed by atoms with Crippen LogP contribution in [0.5, 0.6) is 0 Å². The largest absolute Gasteiger partial charge is 0.501 e. The molecule has 1 aromatic rings. The summed E-state index contributed by atoms with van der Waals surface area (Å²) in [6, 6.07) is 4.81. The zero-order valence-corrected chi connectivity index (χ0v) is 9.24. The molecule has 16 heavy (non-hydrogen) atoms. The van der Waals surface area contributed by atoms with Gasteiger partial charge in [-0.1, -0.05) is 12.1 Å². The monoisotopic (exact) mass is 222 g/mol. The predicted molar refractivity (Wildman–Crippen MR) is 59.4 cm³/mol. The summed E-state index contributed by atoms with van der Waals surface area (Å²) in [6.45, 7) is 2.40. The quantitative estimate of drug-likeness (QED) is 0.833. The lowest BCUT2D eigenvalue weighted by Crippen LogP contribution is -2.08. The van der Waals surface area contributed by atoms with E-state index < -0.39 is 6.10 Å². The minimum absolute atomic E-state index is 0.283. The van der Waals surface area contributed by atoms with E-state index in [1.54, 1.807) is 25.3 Å². The number of rotatable bonds is 2. The normalized spacial score (nSPS) is 17.6. The molecule has 0 fully saturated rings. The number of aliphatic hydroxyl groups is 1. The molecule has 1 heterocycles. The van der Waals surface area contributed by atoms with E-state index in [1.165, 1.54) is 6.07 Å². The Labute approximate surface area is 94.4 Å². The SMILES string of the molecule is Cc1ccc(C(O)C2=COCCC2)cc1F. The molecule has 0 spiro atoms. The van der Waals surface area contributed by atoms with Gasteiger partial charge >= 0.3 is 0 Å². The summed E-state index contributed by atoms with van der Waals surface area (Å²) >= 11 is 0. The summed E-state index contributed by atoms with van der Waals surface area (Å²) in [4.78, 5) is 0. The van der Waals surface area contributed by atoms with Gasteiger partial charge in [0.15, 0.2) is 0 Å². The van der Waals surface area contributed by atoms with Gasteiger partial charge in [0.25, 0.3) is 0 Å². The minimum Gasteiger partial charge on any atom is -0.501 e. The first-order valence-electron chi connectivity index (χ1n) is 5.43. The molecule has 0 saturated heterocycles. The average molecular weight is 222 g/mol. The Balaban J connectivity index is 2.22. The zero-order valence-electron chi connectivity index (χ0n) is 9.24. The summed E-state index contributed by atoms with van der Waals surface area (Å²) < 4.78 is 18.5. The first-order valence-corrected chi connectivity index (χ1v) is 5.43. The highest BCUT2D eigenvalue weighted by Gasteiger charge is 2.17. The lowest BCUT2D eigenvalue weighted by molar-refractivity contribution is 0.170. The molecule has 86 valence electrons. The maximum Gasteiger partial charge on any atom is 0.126 e. The summed E-state index contributed by atoms with van der Waals surface area (Å²) in [5, 5.41) is 10.0. The molecule has 0 bridgehead atoms. The average Bonchev–Trinajstić information content (AvgIpc) is 2.33. The van der Waals surface area contributed by atoms with Crippen LogP contribution in [0.15, 0.2) is 30.0 Å².